The highest BCUT2D eigenvalue weighted by atomic mass is 32.2. The molecule has 2 aliphatic heterocycles. The van der Waals surface area contributed by atoms with Crippen LogP contribution in [-0.2, 0) is 21.9 Å². The molecule has 26 heavy (non-hydrogen) atoms. The van der Waals surface area contributed by atoms with Crippen LogP contribution in [0.3, 0.4) is 0 Å². The number of carbonyl (C=O) groups excluding carboxylic acids is 2. The minimum atomic E-state index is -0.524. The Bertz CT molecular complexity index is 812. The van der Waals surface area contributed by atoms with Crippen molar-refractivity contribution in [1.29, 1.82) is 0 Å². The number of likely N-dealkylation sites (tertiary alicyclic amines) is 1. The number of rotatable bonds is 5. The fourth-order valence-electron chi connectivity index (χ4n) is 3.59. The summed E-state index contributed by atoms with van der Waals surface area (Å²) in [6.07, 6.45) is 4.75. The Morgan fingerprint density at radius 2 is 1.88 bits per heavy atom. The summed E-state index contributed by atoms with van der Waals surface area (Å²) in [5.41, 5.74) is 1.75. The number of nitrogens with zero attached hydrogens (tertiary/aromatic N) is 3. The number of hydrogen-bond acceptors (Lipinski definition) is 6. The van der Waals surface area contributed by atoms with Crippen LogP contribution in [0.25, 0.3) is 0 Å². The summed E-state index contributed by atoms with van der Waals surface area (Å²) in [6.45, 7) is 2.13. The van der Waals surface area contributed by atoms with Gasteiger partial charge in [0.15, 0.2) is 5.16 Å². The molecule has 2 saturated heterocycles. The summed E-state index contributed by atoms with van der Waals surface area (Å²) >= 11 is 1.61. The van der Waals surface area contributed by atoms with E-state index in [0.717, 1.165) is 29.4 Å². The average molecular weight is 368 g/mol. The van der Waals surface area contributed by atoms with Crippen molar-refractivity contribution in [3.63, 3.8) is 0 Å². The number of hydrogen-bond donors (Lipinski definition) is 1. The lowest BCUT2D eigenvalue weighted by atomic mass is 9.85. The molecule has 2 fully saturated rings. The van der Waals surface area contributed by atoms with E-state index in [0.29, 0.717) is 19.5 Å². The Morgan fingerprint density at radius 3 is 2.58 bits per heavy atom. The summed E-state index contributed by atoms with van der Waals surface area (Å²) in [4.78, 5) is 34.7. The summed E-state index contributed by atoms with van der Waals surface area (Å²) in [5.74, 6) is 0.576. The Labute approximate surface area is 156 Å². The zero-order chi connectivity index (χ0) is 18.0. The zero-order valence-electron chi connectivity index (χ0n) is 14.4. The summed E-state index contributed by atoms with van der Waals surface area (Å²) in [5, 5.41) is 3.20. The van der Waals surface area contributed by atoms with Gasteiger partial charge in [-0.05, 0) is 18.5 Å². The van der Waals surface area contributed by atoms with Gasteiger partial charge in [0.2, 0.25) is 11.8 Å². The Morgan fingerprint density at radius 1 is 1.12 bits per heavy atom. The van der Waals surface area contributed by atoms with Crippen molar-refractivity contribution in [1.82, 2.24) is 20.2 Å². The predicted molar refractivity (Wildman–Crippen MR) is 98.1 cm³/mol. The number of benzene rings is 1. The van der Waals surface area contributed by atoms with Crippen molar-refractivity contribution < 1.29 is 9.59 Å². The molecule has 134 valence electrons. The molecule has 0 bridgehead atoms. The van der Waals surface area contributed by atoms with Crippen molar-refractivity contribution in [2.45, 2.75) is 30.3 Å². The largest absolute Gasteiger partial charge is 0.298 e. The van der Waals surface area contributed by atoms with Crippen LogP contribution >= 0.6 is 11.8 Å². The molecule has 2 aliphatic rings. The quantitative estimate of drug-likeness (QED) is 0.494. The molecular weight excluding hydrogens is 348 g/mol. The van der Waals surface area contributed by atoms with E-state index in [9.17, 15) is 9.59 Å². The van der Waals surface area contributed by atoms with Gasteiger partial charge in [-0.2, -0.15) is 0 Å². The zero-order valence-corrected chi connectivity index (χ0v) is 15.2. The highest BCUT2D eigenvalue weighted by Crippen LogP contribution is 2.38. The fraction of sp³-hybridized carbons (Fsp3) is 0.368. The van der Waals surface area contributed by atoms with Gasteiger partial charge >= 0.3 is 0 Å². The molecule has 1 atom stereocenters. The number of imide groups is 1. The van der Waals surface area contributed by atoms with Gasteiger partial charge in [-0.1, -0.05) is 42.1 Å². The van der Waals surface area contributed by atoms with Crippen molar-refractivity contribution in [2.24, 2.45) is 5.41 Å². The molecule has 1 aromatic carbocycles. The molecule has 4 rings (SSSR count). The first-order valence-electron chi connectivity index (χ1n) is 8.67. The molecule has 1 unspecified atom stereocenters. The fourth-order valence-corrected chi connectivity index (χ4v) is 4.34. The van der Waals surface area contributed by atoms with Crippen LogP contribution in [0.4, 0.5) is 0 Å². The Kier molecular flexibility index (Phi) is 4.74. The van der Waals surface area contributed by atoms with Gasteiger partial charge in [0, 0.05) is 43.2 Å². The maximum atomic E-state index is 12.1. The molecule has 1 aromatic heterocycles. The van der Waals surface area contributed by atoms with Gasteiger partial charge in [-0.3, -0.25) is 19.8 Å². The number of amides is 2. The van der Waals surface area contributed by atoms with E-state index in [1.54, 1.807) is 11.8 Å². The number of carbonyl (C=O) groups is 2. The van der Waals surface area contributed by atoms with E-state index in [4.69, 9.17) is 0 Å². The van der Waals surface area contributed by atoms with E-state index in [-0.39, 0.29) is 11.8 Å². The van der Waals surface area contributed by atoms with Crippen LogP contribution in [0.2, 0.25) is 0 Å². The molecular formula is C19H20N4O2S. The van der Waals surface area contributed by atoms with Crippen LogP contribution in [0.1, 0.15) is 24.0 Å². The van der Waals surface area contributed by atoms with Gasteiger partial charge in [-0.25, -0.2) is 9.97 Å². The normalized spacial score (nSPS) is 22.9. The lowest BCUT2D eigenvalue weighted by Gasteiger charge is -2.20. The van der Waals surface area contributed by atoms with Gasteiger partial charge in [0.25, 0.3) is 0 Å². The second-order valence-electron chi connectivity index (χ2n) is 6.94. The van der Waals surface area contributed by atoms with Gasteiger partial charge in [-0.15, -0.1) is 0 Å². The number of nitrogens with one attached hydrogen (secondary N) is 1. The topological polar surface area (TPSA) is 75.2 Å². The summed E-state index contributed by atoms with van der Waals surface area (Å²) < 4.78 is 0. The molecule has 2 amide bonds. The lowest BCUT2D eigenvalue weighted by molar-refractivity contribution is -0.128. The number of thioether (sulfide) groups is 1. The molecule has 3 heterocycles. The predicted octanol–water partition coefficient (Wildman–Crippen LogP) is 2.01. The van der Waals surface area contributed by atoms with E-state index in [2.05, 4.69) is 32.3 Å². The second-order valence-corrected chi connectivity index (χ2v) is 7.89. The minimum absolute atomic E-state index is 0.117. The molecule has 0 aliphatic carbocycles. The molecule has 7 heteroatoms. The number of aromatic nitrogens is 2. The monoisotopic (exact) mass is 368 g/mol. The average Bonchev–Trinajstić information content (AvgIpc) is 3.17. The third-order valence-corrected chi connectivity index (χ3v) is 5.91. The minimum Gasteiger partial charge on any atom is -0.298 e. The van der Waals surface area contributed by atoms with Crippen LogP contribution in [-0.4, -0.2) is 39.8 Å². The van der Waals surface area contributed by atoms with Crippen LogP contribution in [0.15, 0.2) is 47.9 Å². The van der Waals surface area contributed by atoms with Crippen LogP contribution in [0, 0.1) is 5.41 Å². The second kappa shape index (κ2) is 7.17. The first-order chi connectivity index (χ1) is 12.6. The highest BCUT2D eigenvalue weighted by Gasteiger charge is 2.50. The molecule has 0 saturated carbocycles. The molecule has 1 N–H and O–H groups in total. The first kappa shape index (κ1) is 17.2. The highest BCUT2D eigenvalue weighted by molar-refractivity contribution is 7.98. The SMILES string of the molecule is O=C1CC2(CCN(Cc3cnc(SCc4ccccc4)nc3)C2)C(=O)N1. The molecule has 0 radical (unpaired) electrons. The van der Waals surface area contributed by atoms with Crippen molar-refractivity contribution >= 4 is 23.6 Å². The van der Waals surface area contributed by atoms with Crippen LogP contribution in [0.5, 0.6) is 0 Å². The van der Waals surface area contributed by atoms with Gasteiger partial charge < -0.3 is 0 Å². The summed E-state index contributed by atoms with van der Waals surface area (Å²) in [6, 6.07) is 10.2. The first-order valence-corrected chi connectivity index (χ1v) is 9.66. The molecule has 2 aromatic rings. The Hall–Kier alpha value is -2.25. The smallest absolute Gasteiger partial charge is 0.234 e. The van der Waals surface area contributed by atoms with Gasteiger partial charge in [0.1, 0.15) is 0 Å². The maximum Gasteiger partial charge on any atom is 0.234 e. The standard InChI is InChI=1S/C19H20N4O2S/c24-16-8-19(17(25)22-16)6-7-23(13-19)11-15-9-20-18(21-10-15)26-12-14-4-2-1-3-5-14/h1-5,9-10H,6-8,11-13H2,(H,22,24,25). The van der Waals surface area contributed by atoms with Gasteiger partial charge in [0.05, 0.1) is 5.41 Å². The maximum absolute atomic E-state index is 12.1. The van der Waals surface area contributed by atoms with E-state index >= 15 is 0 Å². The van der Waals surface area contributed by atoms with Crippen LogP contribution < -0.4 is 5.32 Å². The van der Waals surface area contributed by atoms with E-state index < -0.39 is 5.41 Å². The van der Waals surface area contributed by atoms with Crippen molar-refractivity contribution in [3.05, 3.63) is 53.9 Å². The lowest BCUT2D eigenvalue weighted by Crippen LogP contribution is -2.34. The van der Waals surface area contributed by atoms with Crippen molar-refractivity contribution in [3.8, 4) is 0 Å². The third-order valence-electron chi connectivity index (χ3n) is 4.96. The molecule has 6 nitrogen and oxygen atoms in total. The van der Waals surface area contributed by atoms with E-state index in [1.165, 1.54) is 5.56 Å². The summed E-state index contributed by atoms with van der Waals surface area (Å²) in [7, 11) is 0. The third kappa shape index (κ3) is 3.64. The Balaban J connectivity index is 1.32. The van der Waals surface area contributed by atoms with Crippen molar-refractivity contribution in [2.75, 3.05) is 13.1 Å². The molecule has 1 spiro atoms. The van der Waals surface area contributed by atoms with E-state index in [1.807, 2.05) is 30.6 Å².